The Labute approximate surface area is 169 Å². The number of amides is 2. The summed E-state index contributed by atoms with van der Waals surface area (Å²) in [5.41, 5.74) is 5.74. The molecule has 0 saturated carbocycles. The summed E-state index contributed by atoms with van der Waals surface area (Å²) < 4.78 is 1.75. The number of nitrogens with zero attached hydrogens (tertiary/aromatic N) is 6. The molecular formula is C20H27N7O2. The maximum atomic E-state index is 12.8. The smallest absolute Gasteiger partial charge is 0.274 e. The molecule has 2 aliphatic rings. The van der Waals surface area contributed by atoms with Crippen LogP contribution in [-0.2, 0) is 4.79 Å². The van der Waals surface area contributed by atoms with Crippen molar-refractivity contribution < 1.29 is 9.59 Å². The number of nitrogens with two attached hydrogens (primary N) is 1. The van der Waals surface area contributed by atoms with Crippen LogP contribution >= 0.6 is 0 Å². The maximum absolute atomic E-state index is 12.8. The number of hydrogen-bond donors (Lipinski definition) is 1. The Morgan fingerprint density at radius 1 is 1.00 bits per heavy atom. The van der Waals surface area contributed by atoms with Crippen molar-refractivity contribution in [3.05, 3.63) is 30.6 Å². The van der Waals surface area contributed by atoms with Crippen LogP contribution in [0.2, 0.25) is 0 Å². The van der Waals surface area contributed by atoms with E-state index in [4.69, 9.17) is 5.73 Å². The third kappa shape index (κ3) is 4.23. The summed E-state index contributed by atoms with van der Waals surface area (Å²) in [5.74, 6) is 1.77. The fourth-order valence-electron chi connectivity index (χ4n) is 3.98. The molecule has 9 nitrogen and oxygen atoms in total. The van der Waals surface area contributed by atoms with Crippen molar-refractivity contribution in [1.82, 2.24) is 24.4 Å². The molecule has 2 aromatic heterocycles. The average molecular weight is 397 g/mol. The van der Waals surface area contributed by atoms with E-state index in [1.54, 1.807) is 28.3 Å². The standard InChI is InChI=1S/C20H27N7O2/c1-14-2-6-25(7-3-14)17-10-18(23-12-22-17)27-11-16(24-13-27)20(29)26-8-4-15(5-9-26)19(21)28/h10-15H,2-9H2,1H3,(H2,21,28). The minimum atomic E-state index is -0.288. The second kappa shape index (κ2) is 8.18. The van der Waals surface area contributed by atoms with Crippen LogP contribution in [0, 0.1) is 11.8 Å². The number of likely N-dealkylation sites (tertiary alicyclic amines) is 1. The maximum Gasteiger partial charge on any atom is 0.274 e. The van der Waals surface area contributed by atoms with Crippen molar-refractivity contribution in [3.8, 4) is 5.82 Å². The number of primary amides is 1. The van der Waals surface area contributed by atoms with Gasteiger partial charge < -0.3 is 15.5 Å². The van der Waals surface area contributed by atoms with Gasteiger partial charge in [-0.25, -0.2) is 15.0 Å². The zero-order valence-corrected chi connectivity index (χ0v) is 16.7. The molecule has 0 unspecified atom stereocenters. The highest BCUT2D eigenvalue weighted by atomic mass is 16.2. The molecule has 0 bridgehead atoms. The van der Waals surface area contributed by atoms with Crippen molar-refractivity contribution in [2.75, 3.05) is 31.1 Å². The van der Waals surface area contributed by atoms with Crippen molar-refractivity contribution in [3.63, 3.8) is 0 Å². The normalized spacial score (nSPS) is 18.8. The van der Waals surface area contributed by atoms with Gasteiger partial charge in [0, 0.05) is 44.4 Å². The van der Waals surface area contributed by atoms with Crippen LogP contribution in [0.5, 0.6) is 0 Å². The molecule has 0 radical (unpaired) electrons. The number of piperidine rings is 2. The Kier molecular flexibility index (Phi) is 5.46. The Hall–Kier alpha value is -2.97. The Bertz CT molecular complexity index is 880. The summed E-state index contributed by atoms with van der Waals surface area (Å²) in [6, 6.07) is 1.93. The van der Waals surface area contributed by atoms with Gasteiger partial charge in [-0.15, -0.1) is 0 Å². The van der Waals surface area contributed by atoms with Crippen molar-refractivity contribution in [2.24, 2.45) is 17.6 Å². The van der Waals surface area contributed by atoms with E-state index < -0.39 is 0 Å². The summed E-state index contributed by atoms with van der Waals surface area (Å²) in [7, 11) is 0. The first-order valence-electron chi connectivity index (χ1n) is 10.2. The average Bonchev–Trinajstić information content (AvgIpc) is 3.24. The minimum Gasteiger partial charge on any atom is -0.369 e. The molecule has 2 saturated heterocycles. The summed E-state index contributed by atoms with van der Waals surface area (Å²) in [6.45, 7) is 5.30. The number of imidazole rings is 1. The molecule has 2 aliphatic heterocycles. The van der Waals surface area contributed by atoms with E-state index in [2.05, 4.69) is 26.8 Å². The quantitative estimate of drug-likeness (QED) is 0.831. The molecule has 2 N–H and O–H groups in total. The fraction of sp³-hybridized carbons (Fsp3) is 0.550. The molecule has 0 spiro atoms. The molecule has 2 fully saturated rings. The first kappa shape index (κ1) is 19.4. The van der Waals surface area contributed by atoms with E-state index in [1.807, 2.05) is 6.07 Å². The number of anilines is 1. The van der Waals surface area contributed by atoms with Gasteiger partial charge in [-0.2, -0.15) is 0 Å². The van der Waals surface area contributed by atoms with Crippen LogP contribution in [0.3, 0.4) is 0 Å². The lowest BCUT2D eigenvalue weighted by molar-refractivity contribution is -0.123. The molecule has 2 amide bonds. The second-order valence-electron chi connectivity index (χ2n) is 8.04. The van der Waals surface area contributed by atoms with Gasteiger partial charge in [-0.1, -0.05) is 6.92 Å². The molecular weight excluding hydrogens is 370 g/mol. The molecule has 29 heavy (non-hydrogen) atoms. The van der Waals surface area contributed by atoms with Crippen molar-refractivity contribution in [2.45, 2.75) is 32.6 Å². The van der Waals surface area contributed by atoms with Crippen LogP contribution in [0.25, 0.3) is 5.82 Å². The number of aromatic nitrogens is 4. The Balaban J connectivity index is 1.44. The number of carbonyl (C=O) groups is 2. The summed E-state index contributed by atoms with van der Waals surface area (Å²) in [5, 5.41) is 0. The predicted octanol–water partition coefficient (Wildman–Crippen LogP) is 1.24. The zero-order chi connectivity index (χ0) is 20.4. The van der Waals surface area contributed by atoms with E-state index >= 15 is 0 Å². The number of carbonyl (C=O) groups excluding carboxylic acids is 2. The molecule has 4 rings (SSSR count). The molecule has 2 aromatic rings. The van der Waals surface area contributed by atoms with Crippen LogP contribution < -0.4 is 10.6 Å². The first-order valence-corrected chi connectivity index (χ1v) is 10.2. The summed E-state index contributed by atoms with van der Waals surface area (Å²) >= 11 is 0. The van der Waals surface area contributed by atoms with Gasteiger partial charge >= 0.3 is 0 Å². The van der Waals surface area contributed by atoms with Crippen LogP contribution in [0.4, 0.5) is 5.82 Å². The predicted molar refractivity (Wildman–Crippen MR) is 108 cm³/mol. The van der Waals surface area contributed by atoms with Crippen LogP contribution in [0.15, 0.2) is 24.9 Å². The number of rotatable bonds is 4. The summed E-state index contributed by atoms with van der Waals surface area (Å²) in [4.78, 5) is 41.1. The molecule has 0 aliphatic carbocycles. The topological polar surface area (TPSA) is 110 Å². The Morgan fingerprint density at radius 2 is 1.69 bits per heavy atom. The lowest BCUT2D eigenvalue weighted by Crippen LogP contribution is -2.41. The minimum absolute atomic E-state index is 0.133. The van der Waals surface area contributed by atoms with E-state index in [0.717, 1.165) is 37.7 Å². The lowest BCUT2D eigenvalue weighted by Gasteiger charge is -2.31. The highest BCUT2D eigenvalue weighted by molar-refractivity contribution is 5.92. The molecule has 0 aromatic carbocycles. The highest BCUT2D eigenvalue weighted by Gasteiger charge is 2.27. The van der Waals surface area contributed by atoms with E-state index in [9.17, 15) is 9.59 Å². The first-order chi connectivity index (χ1) is 14.0. The SMILES string of the molecule is CC1CCN(c2cc(-n3cnc(C(=O)N4CCC(C(N)=O)CC4)c3)ncn2)CC1. The Morgan fingerprint density at radius 3 is 2.38 bits per heavy atom. The second-order valence-corrected chi connectivity index (χ2v) is 8.04. The lowest BCUT2D eigenvalue weighted by atomic mass is 9.96. The van der Waals surface area contributed by atoms with Gasteiger partial charge in [-0.05, 0) is 31.6 Å². The zero-order valence-electron chi connectivity index (χ0n) is 16.7. The van der Waals surface area contributed by atoms with Crippen LogP contribution in [0.1, 0.15) is 43.1 Å². The van der Waals surface area contributed by atoms with E-state index in [0.29, 0.717) is 37.4 Å². The van der Waals surface area contributed by atoms with Gasteiger partial charge in [-0.3, -0.25) is 14.2 Å². The van der Waals surface area contributed by atoms with Gasteiger partial charge in [0.15, 0.2) is 0 Å². The van der Waals surface area contributed by atoms with Crippen molar-refractivity contribution in [1.29, 1.82) is 0 Å². The van der Waals surface area contributed by atoms with Gasteiger partial charge in [0.2, 0.25) is 5.91 Å². The van der Waals surface area contributed by atoms with Gasteiger partial charge in [0.1, 0.15) is 30.0 Å². The third-order valence-electron chi connectivity index (χ3n) is 6.00. The van der Waals surface area contributed by atoms with Crippen molar-refractivity contribution >= 4 is 17.6 Å². The fourth-order valence-corrected chi connectivity index (χ4v) is 3.98. The highest BCUT2D eigenvalue weighted by Crippen LogP contribution is 2.23. The third-order valence-corrected chi connectivity index (χ3v) is 6.00. The molecule has 154 valence electrons. The largest absolute Gasteiger partial charge is 0.369 e. The van der Waals surface area contributed by atoms with E-state index in [1.165, 1.54) is 0 Å². The molecule has 4 heterocycles. The van der Waals surface area contributed by atoms with E-state index in [-0.39, 0.29) is 17.7 Å². The van der Waals surface area contributed by atoms with Gasteiger partial charge in [0.05, 0.1) is 0 Å². The molecule has 9 heteroatoms. The molecule has 0 atom stereocenters. The monoisotopic (exact) mass is 397 g/mol. The number of hydrogen-bond acceptors (Lipinski definition) is 6. The van der Waals surface area contributed by atoms with Crippen LogP contribution in [-0.4, -0.2) is 62.4 Å². The van der Waals surface area contributed by atoms with Gasteiger partial charge in [0.25, 0.3) is 5.91 Å². The summed E-state index contributed by atoms with van der Waals surface area (Å²) in [6.07, 6.45) is 8.39.